The van der Waals surface area contributed by atoms with Gasteiger partial charge in [-0.15, -0.1) is 0 Å². The Morgan fingerprint density at radius 1 is 0.302 bits per heavy atom. The third-order valence-electron chi connectivity index (χ3n) is 12.3. The van der Waals surface area contributed by atoms with E-state index in [9.17, 15) is 0 Å². The maximum atomic E-state index is 2.50. The number of rotatable bonds is 4. The summed E-state index contributed by atoms with van der Waals surface area (Å²) in [5.41, 5.74) is 21.5. The fourth-order valence-corrected chi connectivity index (χ4v) is 9.93. The summed E-state index contributed by atoms with van der Waals surface area (Å²) in [6, 6.07) is 70.2. The van der Waals surface area contributed by atoms with Gasteiger partial charge in [0.1, 0.15) is 0 Å². The first-order valence-corrected chi connectivity index (χ1v) is 18.7. The van der Waals surface area contributed by atoms with Crippen molar-refractivity contribution < 1.29 is 0 Å². The van der Waals surface area contributed by atoms with Crippen LogP contribution in [-0.2, 0) is 10.8 Å². The van der Waals surface area contributed by atoms with Crippen LogP contribution in [0, 0.1) is 0 Å². The highest BCUT2D eigenvalue weighted by atomic mass is 15.1. The molecule has 1 nitrogen and oxygen atoms in total. The third-order valence-corrected chi connectivity index (χ3v) is 12.3. The number of benzene rings is 8. The van der Waals surface area contributed by atoms with Crippen molar-refractivity contribution in [2.45, 2.75) is 24.7 Å². The molecular weight excluding hydrogens is 639 g/mol. The quantitative estimate of drug-likeness (QED) is 0.179. The zero-order valence-corrected chi connectivity index (χ0v) is 29.8. The first kappa shape index (κ1) is 30.2. The molecule has 53 heavy (non-hydrogen) atoms. The molecule has 8 aromatic carbocycles. The van der Waals surface area contributed by atoms with Crippen molar-refractivity contribution in [1.29, 1.82) is 0 Å². The van der Waals surface area contributed by atoms with Gasteiger partial charge in [-0.1, -0.05) is 159 Å². The Morgan fingerprint density at radius 3 is 1.36 bits per heavy atom. The lowest BCUT2D eigenvalue weighted by molar-refractivity contribution is 0.660. The van der Waals surface area contributed by atoms with E-state index in [0.29, 0.717) is 0 Å². The molecule has 0 saturated carbocycles. The van der Waals surface area contributed by atoms with Gasteiger partial charge in [-0.3, -0.25) is 0 Å². The molecule has 0 heterocycles. The van der Waals surface area contributed by atoms with Gasteiger partial charge in [-0.2, -0.15) is 0 Å². The fraction of sp³-hybridized carbons (Fsp3) is 0.0769. The van der Waals surface area contributed by atoms with Gasteiger partial charge in [-0.05, 0) is 120 Å². The molecule has 0 N–H and O–H groups in total. The van der Waals surface area contributed by atoms with Gasteiger partial charge in [0, 0.05) is 22.5 Å². The maximum Gasteiger partial charge on any atom is 0.0726 e. The molecule has 0 aromatic heterocycles. The minimum atomic E-state index is -0.456. The van der Waals surface area contributed by atoms with E-state index in [1.54, 1.807) is 0 Å². The monoisotopic (exact) mass is 675 g/mol. The van der Waals surface area contributed by atoms with E-state index in [1.807, 2.05) is 0 Å². The molecule has 8 aromatic rings. The van der Waals surface area contributed by atoms with E-state index in [0.717, 1.165) is 11.4 Å². The summed E-state index contributed by atoms with van der Waals surface area (Å²) in [5, 5.41) is 0. The summed E-state index contributed by atoms with van der Waals surface area (Å²) in [6.07, 6.45) is 0. The summed E-state index contributed by atoms with van der Waals surface area (Å²) in [6.45, 7) is 4.73. The highest BCUT2D eigenvalue weighted by Gasteiger charge is 2.52. The maximum absolute atomic E-state index is 2.50. The van der Waals surface area contributed by atoms with Gasteiger partial charge in [0.15, 0.2) is 0 Å². The lowest BCUT2D eigenvalue weighted by atomic mass is 9.70. The van der Waals surface area contributed by atoms with Crippen LogP contribution in [-0.4, -0.2) is 0 Å². The molecule has 0 radical (unpaired) electrons. The first-order valence-electron chi connectivity index (χ1n) is 18.7. The average Bonchev–Trinajstić information content (AvgIpc) is 3.77. The van der Waals surface area contributed by atoms with E-state index < -0.39 is 5.41 Å². The Hall–Kier alpha value is -6.44. The highest BCUT2D eigenvalue weighted by Crippen LogP contribution is 2.64. The van der Waals surface area contributed by atoms with Gasteiger partial charge >= 0.3 is 0 Å². The van der Waals surface area contributed by atoms with E-state index in [-0.39, 0.29) is 5.41 Å². The molecule has 0 amide bonds. The Balaban J connectivity index is 1.17. The van der Waals surface area contributed by atoms with Crippen molar-refractivity contribution >= 4 is 17.1 Å². The predicted molar refractivity (Wildman–Crippen MR) is 220 cm³/mol. The minimum Gasteiger partial charge on any atom is -0.310 e. The van der Waals surface area contributed by atoms with Crippen LogP contribution in [0.2, 0.25) is 0 Å². The van der Waals surface area contributed by atoms with Crippen LogP contribution in [0.3, 0.4) is 0 Å². The largest absolute Gasteiger partial charge is 0.310 e. The number of nitrogens with zero attached hydrogens (tertiary/aromatic N) is 1. The summed E-state index contributed by atoms with van der Waals surface area (Å²) in [4.78, 5) is 2.46. The zero-order valence-electron chi connectivity index (χ0n) is 29.8. The highest BCUT2D eigenvalue weighted by molar-refractivity contribution is 5.97. The lowest BCUT2D eigenvalue weighted by Gasteiger charge is -2.32. The molecule has 0 fully saturated rings. The molecule has 250 valence electrons. The Bertz CT molecular complexity index is 2740. The van der Waals surface area contributed by atoms with Crippen LogP contribution in [0.5, 0.6) is 0 Å². The second-order valence-corrected chi connectivity index (χ2v) is 15.3. The predicted octanol–water partition coefficient (Wildman–Crippen LogP) is 13.5. The van der Waals surface area contributed by atoms with Crippen molar-refractivity contribution in [2.24, 2.45) is 0 Å². The van der Waals surface area contributed by atoms with E-state index in [2.05, 4.69) is 207 Å². The second-order valence-electron chi connectivity index (χ2n) is 15.3. The summed E-state index contributed by atoms with van der Waals surface area (Å²) in [7, 11) is 0. The van der Waals surface area contributed by atoms with Crippen LogP contribution in [0.15, 0.2) is 188 Å². The molecule has 0 unspecified atom stereocenters. The Morgan fingerprint density at radius 2 is 0.736 bits per heavy atom. The molecule has 0 bridgehead atoms. The molecule has 11 rings (SSSR count). The Kier molecular flexibility index (Phi) is 6.29. The standard InChI is InChI=1S/C52H37N/c1-51(2)45-22-12-9-19-39(45)42-29-26-37(32-48(42)51)53(36-17-7-4-8-18-36)38-27-30-44-41-21-11-14-24-47(41)52(50(44)33-38)46-23-13-10-20-40(46)43-28-25-35(31-49(43)52)34-15-5-3-6-16-34/h3-33H,1-2H3/t52-/m1/s1. The van der Waals surface area contributed by atoms with Gasteiger partial charge in [-0.25, -0.2) is 0 Å². The summed E-state index contributed by atoms with van der Waals surface area (Å²) < 4.78 is 0. The average molecular weight is 676 g/mol. The van der Waals surface area contributed by atoms with Crippen LogP contribution >= 0.6 is 0 Å². The van der Waals surface area contributed by atoms with Crippen LogP contribution in [0.1, 0.15) is 47.2 Å². The molecule has 0 saturated heterocycles. The van der Waals surface area contributed by atoms with Crippen LogP contribution in [0.25, 0.3) is 44.5 Å². The third kappa shape index (κ3) is 4.08. The Labute approximate surface area is 311 Å². The van der Waals surface area contributed by atoms with Crippen molar-refractivity contribution in [3.8, 4) is 44.5 Å². The zero-order chi connectivity index (χ0) is 35.3. The van der Waals surface area contributed by atoms with Crippen LogP contribution in [0.4, 0.5) is 17.1 Å². The molecule has 1 spiro atoms. The van der Waals surface area contributed by atoms with Crippen LogP contribution < -0.4 is 4.90 Å². The SMILES string of the molecule is CC1(C)c2ccccc2-c2ccc(N(c3ccccc3)c3ccc4c(c3)[C@]3(c5ccccc5-c5ccc(-c6ccccc6)cc53)c3ccccc3-4)cc21. The van der Waals surface area contributed by atoms with Crippen molar-refractivity contribution in [3.63, 3.8) is 0 Å². The molecular formula is C52H37N. The lowest BCUT2D eigenvalue weighted by Crippen LogP contribution is -2.26. The second kappa shape index (κ2) is 11.0. The number of anilines is 3. The van der Waals surface area contributed by atoms with Crippen molar-refractivity contribution in [2.75, 3.05) is 4.90 Å². The minimum absolute atomic E-state index is 0.0956. The molecule has 3 aliphatic carbocycles. The van der Waals surface area contributed by atoms with Gasteiger partial charge in [0.2, 0.25) is 0 Å². The number of hydrogen-bond acceptors (Lipinski definition) is 1. The first-order chi connectivity index (χ1) is 26.0. The molecule has 1 atom stereocenters. The fourth-order valence-electron chi connectivity index (χ4n) is 9.93. The number of fused-ring (bicyclic) bond motifs is 13. The molecule has 3 aliphatic rings. The van der Waals surface area contributed by atoms with E-state index in [1.165, 1.54) is 83.6 Å². The van der Waals surface area contributed by atoms with Crippen molar-refractivity contribution in [3.05, 3.63) is 221 Å². The smallest absolute Gasteiger partial charge is 0.0726 e. The number of para-hydroxylation sites is 1. The summed E-state index contributed by atoms with van der Waals surface area (Å²) >= 11 is 0. The van der Waals surface area contributed by atoms with Crippen molar-refractivity contribution in [1.82, 2.24) is 0 Å². The number of hydrogen-bond donors (Lipinski definition) is 0. The van der Waals surface area contributed by atoms with E-state index in [4.69, 9.17) is 0 Å². The van der Waals surface area contributed by atoms with E-state index >= 15 is 0 Å². The topological polar surface area (TPSA) is 3.24 Å². The summed E-state index contributed by atoms with van der Waals surface area (Å²) in [5.74, 6) is 0. The normalized spacial score (nSPS) is 16.3. The van der Waals surface area contributed by atoms with Gasteiger partial charge in [0.25, 0.3) is 0 Å². The van der Waals surface area contributed by atoms with Gasteiger partial charge in [0.05, 0.1) is 5.41 Å². The molecule has 1 heteroatoms. The van der Waals surface area contributed by atoms with Gasteiger partial charge < -0.3 is 4.90 Å². The molecule has 0 aliphatic heterocycles.